The van der Waals surface area contributed by atoms with Gasteiger partial charge in [-0.3, -0.25) is 0 Å². The number of methoxy groups -OCH3 is 1. The second-order valence-electron chi connectivity index (χ2n) is 3.83. The zero-order chi connectivity index (χ0) is 12.7. The van der Waals surface area contributed by atoms with Crippen molar-refractivity contribution in [1.82, 2.24) is 4.98 Å². The van der Waals surface area contributed by atoms with Gasteiger partial charge in [0.15, 0.2) is 0 Å². The van der Waals surface area contributed by atoms with Crippen molar-refractivity contribution < 1.29 is 9.53 Å². The molecule has 0 saturated carbocycles. The number of anilines is 1. The van der Waals surface area contributed by atoms with Crippen LogP contribution < -0.4 is 4.90 Å². The lowest BCUT2D eigenvalue weighted by molar-refractivity contribution is 0.0600. The van der Waals surface area contributed by atoms with E-state index in [1.54, 1.807) is 18.3 Å². The van der Waals surface area contributed by atoms with Gasteiger partial charge in [-0.15, -0.1) is 0 Å². The first-order chi connectivity index (χ1) is 8.22. The zero-order valence-corrected chi connectivity index (χ0v) is 10.8. The van der Waals surface area contributed by atoms with Gasteiger partial charge in [0.2, 0.25) is 0 Å². The molecule has 17 heavy (non-hydrogen) atoms. The van der Waals surface area contributed by atoms with Crippen LogP contribution in [0, 0.1) is 0 Å². The van der Waals surface area contributed by atoms with Crippen LogP contribution in [0.15, 0.2) is 18.3 Å². The number of hydrogen-bond donors (Lipinski definition) is 0. The Kier molecular flexibility index (Phi) is 5.46. The molecule has 1 aromatic rings. The maximum atomic E-state index is 11.4. The standard InChI is InChI=1S/C13H20N2O2/c1-4-6-9-15(5-2)12-10-11(7-8-14-12)13(16)17-3/h7-8,10H,4-6,9H2,1-3H3. The van der Waals surface area contributed by atoms with Crippen molar-refractivity contribution in [2.24, 2.45) is 0 Å². The fourth-order valence-electron chi connectivity index (χ4n) is 1.62. The number of carbonyl (C=O) groups excluding carboxylic acids is 1. The summed E-state index contributed by atoms with van der Waals surface area (Å²) in [5.41, 5.74) is 0.549. The van der Waals surface area contributed by atoms with Crippen molar-refractivity contribution >= 4 is 11.8 Å². The summed E-state index contributed by atoms with van der Waals surface area (Å²) in [5.74, 6) is 0.518. The second kappa shape index (κ2) is 6.89. The Morgan fingerprint density at radius 3 is 2.82 bits per heavy atom. The number of esters is 1. The molecule has 4 nitrogen and oxygen atoms in total. The largest absolute Gasteiger partial charge is 0.465 e. The molecule has 0 spiro atoms. The molecule has 0 fully saturated rings. The van der Waals surface area contributed by atoms with Crippen molar-refractivity contribution in [3.63, 3.8) is 0 Å². The molecule has 1 rings (SSSR count). The van der Waals surface area contributed by atoms with Gasteiger partial charge in [0.05, 0.1) is 12.7 Å². The minimum Gasteiger partial charge on any atom is -0.465 e. The third kappa shape index (κ3) is 3.73. The summed E-state index contributed by atoms with van der Waals surface area (Å²) >= 11 is 0. The highest BCUT2D eigenvalue weighted by Gasteiger charge is 2.10. The molecule has 0 aliphatic rings. The smallest absolute Gasteiger partial charge is 0.338 e. The van der Waals surface area contributed by atoms with Gasteiger partial charge in [-0.05, 0) is 25.5 Å². The first-order valence-corrected chi connectivity index (χ1v) is 6.02. The van der Waals surface area contributed by atoms with Gasteiger partial charge in [0.25, 0.3) is 0 Å². The molecule has 0 radical (unpaired) electrons. The Morgan fingerprint density at radius 1 is 1.47 bits per heavy atom. The van der Waals surface area contributed by atoms with E-state index in [4.69, 9.17) is 4.74 Å². The Balaban J connectivity index is 2.84. The molecule has 0 aliphatic heterocycles. The Bertz CT molecular complexity index is 366. The summed E-state index contributed by atoms with van der Waals surface area (Å²) in [6.07, 6.45) is 3.92. The number of nitrogens with zero attached hydrogens (tertiary/aromatic N) is 2. The Morgan fingerprint density at radius 2 is 2.24 bits per heavy atom. The molecule has 0 N–H and O–H groups in total. The van der Waals surface area contributed by atoms with Crippen molar-refractivity contribution in [1.29, 1.82) is 0 Å². The number of unbranched alkanes of at least 4 members (excludes halogenated alkanes) is 1. The molecule has 4 heteroatoms. The molecule has 1 heterocycles. The van der Waals surface area contributed by atoms with Crippen LogP contribution in [0.4, 0.5) is 5.82 Å². The number of aromatic nitrogens is 1. The van der Waals surface area contributed by atoms with E-state index in [1.165, 1.54) is 7.11 Å². The molecule has 0 atom stereocenters. The molecule has 0 unspecified atom stereocenters. The highest BCUT2D eigenvalue weighted by atomic mass is 16.5. The van der Waals surface area contributed by atoms with Crippen molar-refractivity contribution in [2.45, 2.75) is 26.7 Å². The molecular weight excluding hydrogens is 216 g/mol. The van der Waals surface area contributed by atoms with E-state index >= 15 is 0 Å². The fraction of sp³-hybridized carbons (Fsp3) is 0.538. The normalized spacial score (nSPS) is 10.1. The number of pyridine rings is 1. The van der Waals surface area contributed by atoms with Gasteiger partial charge in [-0.2, -0.15) is 0 Å². The summed E-state index contributed by atoms with van der Waals surface area (Å²) in [7, 11) is 1.39. The molecule has 0 aliphatic carbocycles. The molecule has 94 valence electrons. The highest BCUT2D eigenvalue weighted by Crippen LogP contribution is 2.14. The first kappa shape index (κ1) is 13.5. The van der Waals surface area contributed by atoms with Crippen LogP contribution in [0.25, 0.3) is 0 Å². The molecule has 1 aromatic heterocycles. The van der Waals surface area contributed by atoms with E-state index < -0.39 is 0 Å². The summed E-state index contributed by atoms with van der Waals surface area (Å²) < 4.78 is 4.70. The predicted octanol–water partition coefficient (Wildman–Crippen LogP) is 2.49. The van der Waals surface area contributed by atoms with Crippen LogP contribution >= 0.6 is 0 Å². The maximum Gasteiger partial charge on any atom is 0.338 e. The molecular formula is C13H20N2O2. The summed E-state index contributed by atoms with van der Waals surface area (Å²) in [6, 6.07) is 3.45. The summed E-state index contributed by atoms with van der Waals surface area (Å²) in [4.78, 5) is 17.9. The van der Waals surface area contributed by atoms with E-state index in [0.29, 0.717) is 5.56 Å². The number of rotatable bonds is 6. The van der Waals surface area contributed by atoms with Crippen molar-refractivity contribution in [3.8, 4) is 0 Å². The van der Waals surface area contributed by atoms with Gasteiger partial charge in [-0.1, -0.05) is 13.3 Å². The average molecular weight is 236 g/mol. The molecule has 0 saturated heterocycles. The Hall–Kier alpha value is -1.58. The minimum atomic E-state index is -0.319. The molecule has 0 bridgehead atoms. The van der Waals surface area contributed by atoms with Crippen molar-refractivity contribution in [2.75, 3.05) is 25.1 Å². The monoisotopic (exact) mass is 236 g/mol. The van der Waals surface area contributed by atoms with Crippen molar-refractivity contribution in [3.05, 3.63) is 23.9 Å². The van der Waals surface area contributed by atoms with Crippen LogP contribution in [-0.4, -0.2) is 31.2 Å². The second-order valence-corrected chi connectivity index (χ2v) is 3.83. The minimum absolute atomic E-state index is 0.319. The Labute approximate surface area is 103 Å². The summed E-state index contributed by atoms with van der Waals surface area (Å²) in [5, 5.41) is 0. The van der Waals surface area contributed by atoms with Gasteiger partial charge < -0.3 is 9.64 Å². The third-order valence-electron chi connectivity index (χ3n) is 2.65. The van der Waals surface area contributed by atoms with Crippen LogP contribution in [0.2, 0.25) is 0 Å². The highest BCUT2D eigenvalue weighted by molar-refractivity contribution is 5.90. The zero-order valence-electron chi connectivity index (χ0n) is 10.8. The summed E-state index contributed by atoms with van der Waals surface area (Å²) in [6.45, 7) is 6.09. The lowest BCUT2D eigenvalue weighted by Crippen LogP contribution is -2.25. The molecule has 0 aromatic carbocycles. The SMILES string of the molecule is CCCCN(CC)c1cc(C(=O)OC)ccn1. The van der Waals surface area contributed by atoms with E-state index in [0.717, 1.165) is 31.7 Å². The lowest BCUT2D eigenvalue weighted by Gasteiger charge is -2.21. The maximum absolute atomic E-state index is 11.4. The van der Waals surface area contributed by atoms with Gasteiger partial charge in [-0.25, -0.2) is 9.78 Å². The third-order valence-corrected chi connectivity index (χ3v) is 2.65. The van der Waals surface area contributed by atoms with Crippen LogP contribution in [0.3, 0.4) is 0 Å². The predicted molar refractivity (Wildman–Crippen MR) is 68.4 cm³/mol. The van der Waals surface area contributed by atoms with E-state index in [2.05, 4.69) is 23.7 Å². The van der Waals surface area contributed by atoms with Gasteiger partial charge in [0, 0.05) is 19.3 Å². The van der Waals surface area contributed by atoms with Crippen LogP contribution in [0.5, 0.6) is 0 Å². The van der Waals surface area contributed by atoms with Crippen LogP contribution in [0.1, 0.15) is 37.0 Å². The van der Waals surface area contributed by atoms with E-state index in [1.807, 2.05) is 0 Å². The van der Waals surface area contributed by atoms with Gasteiger partial charge in [0.1, 0.15) is 5.82 Å². The van der Waals surface area contributed by atoms with E-state index in [-0.39, 0.29) is 5.97 Å². The van der Waals surface area contributed by atoms with E-state index in [9.17, 15) is 4.79 Å². The number of ether oxygens (including phenoxy) is 1. The topological polar surface area (TPSA) is 42.4 Å². The number of carbonyl (C=O) groups is 1. The average Bonchev–Trinajstić information content (AvgIpc) is 2.39. The number of hydrogen-bond acceptors (Lipinski definition) is 4. The first-order valence-electron chi connectivity index (χ1n) is 6.02. The lowest BCUT2D eigenvalue weighted by atomic mass is 10.2. The fourth-order valence-corrected chi connectivity index (χ4v) is 1.62. The van der Waals surface area contributed by atoms with Crippen LogP contribution in [-0.2, 0) is 4.74 Å². The molecule has 0 amide bonds. The van der Waals surface area contributed by atoms with Gasteiger partial charge >= 0.3 is 5.97 Å². The quantitative estimate of drug-likeness (QED) is 0.712.